The third-order valence-electron chi connectivity index (χ3n) is 3.78. The minimum absolute atomic E-state index is 0.883. The van der Waals surface area contributed by atoms with Crippen molar-refractivity contribution >= 4 is 0 Å². The highest BCUT2D eigenvalue weighted by atomic mass is 16.5. The van der Waals surface area contributed by atoms with Crippen molar-refractivity contribution in [3.05, 3.63) is 0 Å². The molecule has 0 N–H and O–H groups in total. The topological polar surface area (TPSA) is 15.7 Å². The number of rotatable bonds is 3. The lowest BCUT2D eigenvalue weighted by Crippen LogP contribution is -2.45. The molecule has 0 saturated carbocycles. The van der Waals surface area contributed by atoms with Crippen molar-refractivity contribution < 1.29 is 4.74 Å². The van der Waals surface area contributed by atoms with E-state index < -0.39 is 0 Å². The van der Waals surface area contributed by atoms with E-state index in [2.05, 4.69) is 23.6 Å². The zero-order chi connectivity index (χ0) is 11.4. The molecule has 0 aliphatic carbocycles. The third-order valence-corrected chi connectivity index (χ3v) is 3.78. The van der Waals surface area contributed by atoms with Gasteiger partial charge in [-0.15, -0.1) is 0 Å². The highest BCUT2D eigenvalue weighted by Gasteiger charge is 2.22. The van der Waals surface area contributed by atoms with Crippen LogP contribution in [-0.4, -0.2) is 62.3 Å². The molecule has 2 aliphatic rings. The molecule has 16 heavy (non-hydrogen) atoms. The molecule has 2 rings (SSSR count). The average molecular weight is 226 g/mol. The maximum Gasteiger partial charge on any atom is 0.0594 e. The van der Waals surface area contributed by atoms with Crippen molar-refractivity contribution in [2.45, 2.75) is 20.3 Å². The number of piperidine rings is 1. The van der Waals surface area contributed by atoms with Crippen LogP contribution >= 0.6 is 0 Å². The maximum atomic E-state index is 5.37. The summed E-state index contributed by atoms with van der Waals surface area (Å²) in [6.07, 6.45) is 1.41. The van der Waals surface area contributed by atoms with Crippen LogP contribution in [0.1, 0.15) is 20.3 Å². The van der Waals surface area contributed by atoms with Crippen LogP contribution < -0.4 is 0 Å². The predicted octanol–water partition coefficient (Wildman–Crippen LogP) is 1.30. The molecule has 3 nitrogen and oxygen atoms in total. The second-order valence-corrected chi connectivity index (χ2v) is 5.66. The van der Waals surface area contributed by atoms with Crippen LogP contribution in [0.15, 0.2) is 0 Å². The molecule has 94 valence electrons. The molecule has 0 spiro atoms. The molecular weight excluding hydrogens is 200 g/mol. The van der Waals surface area contributed by atoms with Crippen molar-refractivity contribution in [2.75, 3.05) is 52.5 Å². The van der Waals surface area contributed by atoms with Gasteiger partial charge < -0.3 is 9.64 Å². The summed E-state index contributed by atoms with van der Waals surface area (Å²) in [5.74, 6) is 1.77. The molecule has 0 amide bonds. The molecule has 2 heterocycles. The van der Waals surface area contributed by atoms with Gasteiger partial charge in [0.15, 0.2) is 0 Å². The smallest absolute Gasteiger partial charge is 0.0594 e. The molecule has 0 aromatic carbocycles. The van der Waals surface area contributed by atoms with Gasteiger partial charge in [-0.2, -0.15) is 0 Å². The van der Waals surface area contributed by atoms with Crippen LogP contribution in [0.5, 0.6) is 0 Å². The minimum Gasteiger partial charge on any atom is -0.379 e. The van der Waals surface area contributed by atoms with Crippen molar-refractivity contribution in [1.82, 2.24) is 9.80 Å². The first-order chi connectivity index (χ1) is 7.74. The molecule has 3 heteroatoms. The molecule has 0 bridgehead atoms. The van der Waals surface area contributed by atoms with Crippen molar-refractivity contribution in [3.8, 4) is 0 Å². The number of morpholine rings is 1. The van der Waals surface area contributed by atoms with E-state index in [1.165, 1.54) is 32.6 Å². The van der Waals surface area contributed by atoms with Gasteiger partial charge in [-0.05, 0) is 18.3 Å². The Balaban J connectivity index is 1.68. The van der Waals surface area contributed by atoms with Crippen LogP contribution in [0.2, 0.25) is 0 Å². The summed E-state index contributed by atoms with van der Waals surface area (Å²) in [6, 6.07) is 0. The Kier molecular flexibility index (Phi) is 4.62. The number of likely N-dealkylation sites (tertiary alicyclic amines) is 1. The standard InChI is InChI=1S/C13H26N2O/c1-12-9-13(2)11-15(10-12)4-3-14-5-7-16-8-6-14/h12-13H,3-11H2,1-2H3/t12-,13-/m1/s1. The first-order valence-corrected chi connectivity index (χ1v) is 6.76. The number of nitrogens with zero attached hydrogens (tertiary/aromatic N) is 2. The fourth-order valence-corrected chi connectivity index (χ4v) is 3.08. The largest absolute Gasteiger partial charge is 0.379 e. The third kappa shape index (κ3) is 3.72. The Morgan fingerprint density at radius 2 is 1.50 bits per heavy atom. The molecule has 2 saturated heterocycles. The fourth-order valence-electron chi connectivity index (χ4n) is 3.08. The first kappa shape index (κ1) is 12.3. The van der Waals surface area contributed by atoms with Crippen LogP contribution in [0.4, 0.5) is 0 Å². The Morgan fingerprint density at radius 3 is 2.12 bits per heavy atom. The Hall–Kier alpha value is -0.120. The van der Waals surface area contributed by atoms with Gasteiger partial charge in [0.2, 0.25) is 0 Å². The van der Waals surface area contributed by atoms with Gasteiger partial charge in [-0.1, -0.05) is 13.8 Å². The van der Waals surface area contributed by atoms with Gasteiger partial charge in [0, 0.05) is 39.3 Å². The van der Waals surface area contributed by atoms with Gasteiger partial charge in [-0.3, -0.25) is 4.90 Å². The lowest BCUT2D eigenvalue weighted by atomic mass is 9.92. The van der Waals surface area contributed by atoms with Gasteiger partial charge in [0.1, 0.15) is 0 Å². The monoisotopic (exact) mass is 226 g/mol. The lowest BCUT2D eigenvalue weighted by molar-refractivity contribution is 0.0291. The molecular formula is C13H26N2O. The number of hydrogen-bond donors (Lipinski definition) is 0. The molecule has 2 fully saturated rings. The van der Waals surface area contributed by atoms with E-state index >= 15 is 0 Å². The van der Waals surface area contributed by atoms with E-state index in [1.54, 1.807) is 0 Å². The molecule has 2 atom stereocenters. The molecule has 0 unspecified atom stereocenters. The normalized spacial score (nSPS) is 34.1. The summed E-state index contributed by atoms with van der Waals surface area (Å²) >= 11 is 0. The Morgan fingerprint density at radius 1 is 0.938 bits per heavy atom. The van der Waals surface area contributed by atoms with E-state index in [0.29, 0.717) is 0 Å². The second-order valence-electron chi connectivity index (χ2n) is 5.66. The van der Waals surface area contributed by atoms with E-state index in [1.807, 2.05) is 0 Å². The summed E-state index contributed by atoms with van der Waals surface area (Å²) in [7, 11) is 0. The quantitative estimate of drug-likeness (QED) is 0.721. The first-order valence-electron chi connectivity index (χ1n) is 6.76. The number of hydrogen-bond acceptors (Lipinski definition) is 3. The Labute approximate surface area is 99.7 Å². The summed E-state index contributed by atoms with van der Waals surface area (Å²) in [4.78, 5) is 5.18. The van der Waals surface area contributed by atoms with Gasteiger partial charge in [0.25, 0.3) is 0 Å². The maximum absolute atomic E-state index is 5.37. The van der Waals surface area contributed by atoms with E-state index in [9.17, 15) is 0 Å². The highest BCUT2D eigenvalue weighted by molar-refractivity contribution is 4.75. The highest BCUT2D eigenvalue weighted by Crippen LogP contribution is 2.20. The van der Waals surface area contributed by atoms with Crippen LogP contribution in [0.25, 0.3) is 0 Å². The van der Waals surface area contributed by atoms with Gasteiger partial charge >= 0.3 is 0 Å². The van der Waals surface area contributed by atoms with E-state index in [-0.39, 0.29) is 0 Å². The van der Waals surface area contributed by atoms with Crippen LogP contribution in [0, 0.1) is 11.8 Å². The fraction of sp³-hybridized carbons (Fsp3) is 1.00. The zero-order valence-corrected chi connectivity index (χ0v) is 10.8. The SMILES string of the molecule is C[C@@H]1C[C@@H](C)CN(CCN2CCOCC2)C1. The zero-order valence-electron chi connectivity index (χ0n) is 10.8. The summed E-state index contributed by atoms with van der Waals surface area (Å²) in [5, 5.41) is 0. The molecule has 0 radical (unpaired) electrons. The van der Waals surface area contributed by atoms with Gasteiger partial charge in [0.05, 0.1) is 13.2 Å². The molecule has 2 aliphatic heterocycles. The second kappa shape index (κ2) is 5.99. The van der Waals surface area contributed by atoms with Crippen molar-refractivity contribution in [3.63, 3.8) is 0 Å². The predicted molar refractivity (Wildman–Crippen MR) is 66.6 cm³/mol. The van der Waals surface area contributed by atoms with E-state index in [0.717, 1.165) is 38.1 Å². The average Bonchev–Trinajstić information content (AvgIpc) is 2.27. The molecule has 0 aromatic rings. The molecule has 0 aromatic heterocycles. The number of ether oxygens (including phenoxy) is 1. The van der Waals surface area contributed by atoms with Crippen LogP contribution in [0.3, 0.4) is 0 Å². The lowest BCUT2D eigenvalue weighted by Gasteiger charge is -2.36. The Bertz CT molecular complexity index is 194. The van der Waals surface area contributed by atoms with Crippen molar-refractivity contribution in [1.29, 1.82) is 0 Å². The van der Waals surface area contributed by atoms with E-state index in [4.69, 9.17) is 4.74 Å². The minimum atomic E-state index is 0.883. The van der Waals surface area contributed by atoms with Gasteiger partial charge in [-0.25, -0.2) is 0 Å². The van der Waals surface area contributed by atoms with Crippen molar-refractivity contribution in [2.24, 2.45) is 11.8 Å². The van der Waals surface area contributed by atoms with Crippen LogP contribution in [-0.2, 0) is 4.74 Å². The summed E-state index contributed by atoms with van der Waals surface area (Å²) < 4.78 is 5.37. The summed E-state index contributed by atoms with van der Waals surface area (Å²) in [6.45, 7) is 13.9. The summed E-state index contributed by atoms with van der Waals surface area (Å²) in [5.41, 5.74) is 0.